The van der Waals surface area contributed by atoms with Crippen LogP contribution in [-0.4, -0.2) is 111 Å². The summed E-state index contributed by atoms with van der Waals surface area (Å²) in [7, 11) is 3.22. The molecule has 0 bridgehead atoms. The lowest BCUT2D eigenvalue weighted by Crippen LogP contribution is -2.46. The standard InChI is InChI=1S/C39H46FN5O6/c1-47-35-22-27(38-42-31-11-10-28(40)23-34(31)51-38)9-12-33(35)49-20-5-3-13-43-16-18-44(19-17-43)14-4-6-21-50-37-25-32-30(24-36(37)48-2)39(46)45-15-7-8-29(45)26-41-32/h9-12,22-26,29H,3-8,13-21H2,1-2H3. The van der Waals surface area contributed by atoms with Gasteiger partial charge >= 0.3 is 0 Å². The Balaban J connectivity index is 0.781. The van der Waals surface area contributed by atoms with Crippen LogP contribution in [0.15, 0.2) is 57.9 Å². The van der Waals surface area contributed by atoms with Crippen molar-refractivity contribution >= 4 is 28.9 Å². The van der Waals surface area contributed by atoms with Gasteiger partial charge in [0.15, 0.2) is 28.6 Å². The second-order valence-corrected chi connectivity index (χ2v) is 13.3. The summed E-state index contributed by atoms with van der Waals surface area (Å²) >= 11 is 0. The van der Waals surface area contributed by atoms with Crippen molar-refractivity contribution in [1.29, 1.82) is 0 Å². The van der Waals surface area contributed by atoms with Gasteiger partial charge in [-0.2, -0.15) is 0 Å². The molecule has 0 spiro atoms. The monoisotopic (exact) mass is 699 g/mol. The zero-order valence-corrected chi connectivity index (χ0v) is 29.4. The molecule has 1 amide bonds. The molecular formula is C39H46FN5O6. The number of benzene rings is 3. The first kappa shape index (κ1) is 34.8. The molecule has 2 fully saturated rings. The van der Waals surface area contributed by atoms with Crippen molar-refractivity contribution in [2.75, 3.05) is 73.2 Å². The number of oxazole rings is 1. The van der Waals surface area contributed by atoms with Crippen molar-refractivity contribution < 1.29 is 32.5 Å². The molecule has 3 aliphatic heterocycles. The van der Waals surface area contributed by atoms with Crippen LogP contribution in [0, 0.1) is 5.82 Å². The molecular weight excluding hydrogens is 653 g/mol. The number of unbranched alkanes of at least 4 members (excludes halogenated alkanes) is 2. The summed E-state index contributed by atoms with van der Waals surface area (Å²) in [6.07, 6.45) is 7.85. The largest absolute Gasteiger partial charge is 0.493 e. The lowest BCUT2D eigenvalue weighted by molar-refractivity contribution is 0.0774. The number of hydrogen-bond acceptors (Lipinski definition) is 10. The minimum Gasteiger partial charge on any atom is -0.493 e. The lowest BCUT2D eigenvalue weighted by atomic mass is 10.1. The predicted molar refractivity (Wildman–Crippen MR) is 193 cm³/mol. The molecule has 4 heterocycles. The van der Waals surface area contributed by atoms with E-state index in [9.17, 15) is 9.18 Å². The van der Waals surface area contributed by atoms with Gasteiger partial charge in [0.25, 0.3) is 5.91 Å². The number of fused-ring (bicyclic) bond motifs is 3. The third-order valence-corrected chi connectivity index (χ3v) is 9.94. The summed E-state index contributed by atoms with van der Waals surface area (Å²) in [5.41, 5.74) is 2.97. The van der Waals surface area contributed by atoms with E-state index in [1.807, 2.05) is 35.4 Å². The summed E-state index contributed by atoms with van der Waals surface area (Å²) in [5.74, 6) is 2.54. The Morgan fingerprint density at radius 3 is 2.24 bits per heavy atom. The topological polar surface area (TPSA) is 102 Å². The number of halogens is 1. The zero-order valence-electron chi connectivity index (χ0n) is 29.4. The normalized spacial score (nSPS) is 17.7. The second-order valence-electron chi connectivity index (χ2n) is 13.3. The molecule has 0 aliphatic carbocycles. The minimum atomic E-state index is -0.361. The van der Waals surface area contributed by atoms with Crippen LogP contribution in [0.4, 0.5) is 10.1 Å². The molecule has 0 N–H and O–H groups in total. The highest BCUT2D eigenvalue weighted by Crippen LogP contribution is 2.38. The third-order valence-electron chi connectivity index (χ3n) is 9.94. The highest BCUT2D eigenvalue weighted by atomic mass is 19.1. The van der Waals surface area contributed by atoms with E-state index in [1.165, 1.54) is 12.1 Å². The van der Waals surface area contributed by atoms with Crippen LogP contribution in [-0.2, 0) is 0 Å². The fraction of sp³-hybridized carbons (Fsp3) is 0.462. The van der Waals surface area contributed by atoms with Crippen molar-refractivity contribution in [1.82, 2.24) is 19.7 Å². The number of rotatable bonds is 15. The van der Waals surface area contributed by atoms with Gasteiger partial charge < -0.3 is 38.1 Å². The van der Waals surface area contributed by atoms with Crippen LogP contribution in [0.3, 0.4) is 0 Å². The average molecular weight is 700 g/mol. The van der Waals surface area contributed by atoms with Crippen LogP contribution >= 0.6 is 0 Å². The number of hydrogen-bond donors (Lipinski definition) is 0. The van der Waals surface area contributed by atoms with E-state index in [4.69, 9.17) is 23.4 Å². The van der Waals surface area contributed by atoms with Crippen molar-refractivity contribution in [3.63, 3.8) is 0 Å². The molecule has 0 saturated carbocycles. The smallest absolute Gasteiger partial charge is 0.256 e. The van der Waals surface area contributed by atoms with Gasteiger partial charge in [0.2, 0.25) is 5.89 Å². The number of methoxy groups -OCH3 is 2. The molecule has 11 nitrogen and oxygen atoms in total. The third kappa shape index (κ3) is 8.12. The van der Waals surface area contributed by atoms with E-state index in [0.29, 0.717) is 64.5 Å². The number of carbonyl (C=O) groups is 1. The molecule has 1 aromatic heterocycles. The van der Waals surface area contributed by atoms with E-state index in [2.05, 4.69) is 19.8 Å². The molecule has 1 unspecified atom stereocenters. The quantitative estimate of drug-likeness (QED) is 0.127. The highest BCUT2D eigenvalue weighted by Gasteiger charge is 2.32. The maximum Gasteiger partial charge on any atom is 0.256 e. The van der Waals surface area contributed by atoms with Crippen LogP contribution in [0.5, 0.6) is 23.0 Å². The Labute approximate surface area is 297 Å². The Kier molecular flexibility index (Phi) is 11.0. The first-order chi connectivity index (χ1) is 25.0. The van der Waals surface area contributed by atoms with Crippen LogP contribution in [0.25, 0.3) is 22.6 Å². The maximum atomic E-state index is 13.6. The Morgan fingerprint density at radius 1 is 0.804 bits per heavy atom. The SMILES string of the molecule is COc1cc(-c2nc3ccc(F)cc3o2)ccc1OCCCCN1CCN(CCCCOc2cc3c(cc2OC)C(=O)N2CCCC2C=N3)CC1. The summed E-state index contributed by atoms with van der Waals surface area (Å²) in [5, 5.41) is 0. The number of aromatic nitrogens is 1. The fourth-order valence-corrected chi connectivity index (χ4v) is 7.04. The Morgan fingerprint density at radius 2 is 1.51 bits per heavy atom. The van der Waals surface area contributed by atoms with Crippen molar-refractivity contribution in [2.24, 2.45) is 4.99 Å². The van der Waals surface area contributed by atoms with E-state index in [0.717, 1.165) is 89.9 Å². The van der Waals surface area contributed by atoms with E-state index in [-0.39, 0.29) is 17.8 Å². The molecule has 51 heavy (non-hydrogen) atoms. The van der Waals surface area contributed by atoms with Gasteiger partial charge in [-0.25, -0.2) is 9.37 Å². The predicted octanol–water partition coefficient (Wildman–Crippen LogP) is 6.61. The van der Waals surface area contributed by atoms with Crippen LogP contribution in [0.1, 0.15) is 48.9 Å². The van der Waals surface area contributed by atoms with Crippen molar-refractivity contribution in [3.8, 4) is 34.5 Å². The first-order valence-corrected chi connectivity index (χ1v) is 18.0. The Hall–Kier alpha value is -4.68. The van der Waals surface area contributed by atoms with Crippen molar-refractivity contribution in [3.05, 3.63) is 59.9 Å². The molecule has 270 valence electrons. The van der Waals surface area contributed by atoms with E-state index in [1.54, 1.807) is 26.4 Å². The zero-order chi connectivity index (χ0) is 35.2. The van der Waals surface area contributed by atoms with Crippen LogP contribution < -0.4 is 18.9 Å². The lowest BCUT2D eigenvalue weighted by Gasteiger charge is -2.34. The van der Waals surface area contributed by atoms with Gasteiger partial charge in [-0.15, -0.1) is 0 Å². The molecule has 3 aromatic carbocycles. The van der Waals surface area contributed by atoms with Crippen molar-refractivity contribution in [2.45, 2.75) is 44.6 Å². The number of amides is 1. The van der Waals surface area contributed by atoms with Gasteiger partial charge in [0, 0.05) is 56.6 Å². The number of ether oxygens (including phenoxy) is 4. The summed E-state index contributed by atoms with van der Waals surface area (Å²) in [6.45, 7) is 8.33. The number of carbonyl (C=O) groups excluding carboxylic acids is 1. The van der Waals surface area contributed by atoms with E-state index < -0.39 is 0 Å². The highest BCUT2D eigenvalue weighted by molar-refractivity contribution is 6.03. The molecule has 2 saturated heterocycles. The summed E-state index contributed by atoms with van der Waals surface area (Å²) in [6, 6.07) is 13.6. The fourth-order valence-electron chi connectivity index (χ4n) is 7.04. The van der Waals surface area contributed by atoms with Gasteiger partial charge in [0.1, 0.15) is 11.3 Å². The average Bonchev–Trinajstić information content (AvgIpc) is 3.78. The minimum absolute atomic E-state index is 0.0173. The van der Waals surface area contributed by atoms with Gasteiger partial charge in [-0.1, -0.05) is 0 Å². The molecule has 1 atom stereocenters. The molecule has 7 rings (SSSR count). The van der Waals surface area contributed by atoms with Gasteiger partial charge in [-0.05, 0) is 88.0 Å². The molecule has 4 aromatic rings. The molecule has 3 aliphatic rings. The first-order valence-electron chi connectivity index (χ1n) is 18.0. The number of nitrogens with zero attached hydrogens (tertiary/aromatic N) is 5. The Bertz CT molecular complexity index is 1860. The van der Waals surface area contributed by atoms with Gasteiger partial charge in [0.05, 0.1) is 44.7 Å². The van der Waals surface area contributed by atoms with E-state index >= 15 is 0 Å². The summed E-state index contributed by atoms with van der Waals surface area (Å²) in [4.78, 5) is 29.2. The number of aliphatic imine (C=N–C) groups is 1. The molecule has 12 heteroatoms. The number of piperazine rings is 1. The summed E-state index contributed by atoms with van der Waals surface area (Å²) < 4.78 is 42.7. The second kappa shape index (κ2) is 16.1. The van der Waals surface area contributed by atoms with Crippen LogP contribution in [0.2, 0.25) is 0 Å². The molecule has 0 radical (unpaired) electrons. The van der Waals surface area contributed by atoms with Gasteiger partial charge in [-0.3, -0.25) is 9.79 Å². The maximum absolute atomic E-state index is 13.6.